The number of amides is 1. The molecule has 5 nitrogen and oxygen atoms in total. The molecule has 0 fully saturated rings. The first kappa shape index (κ1) is 16.9. The summed E-state index contributed by atoms with van der Waals surface area (Å²) in [6.45, 7) is 3.54. The van der Waals surface area contributed by atoms with Crippen molar-refractivity contribution in [3.8, 4) is 0 Å². The van der Waals surface area contributed by atoms with E-state index in [1.165, 1.54) is 19.1 Å². The van der Waals surface area contributed by atoms with Gasteiger partial charge in [-0.1, -0.05) is 17.7 Å². The molecule has 1 atom stereocenters. The summed E-state index contributed by atoms with van der Waals surface area (Å²) in [5.41, 5.74) is -0.00926. The Bertz CT molecular complexity index is 592. The smallest absolute Gasteiger partial charge is 0.237 e. The van der Waals surface area contributed by atoms with E-state index in [2.05, 4.69) is 10.0 Å². The van der Waals surface area contributed by atoms with Crippen LogP contribution in [0.3, 0.4) is 0 Å². The number of benzene rings is 1. The van der Waals surface area contributed by atoms with E-state index < -0.39 is 33.5 Å². The van der Waals surface area contributed by atoms with Crippen LogP contribution in [0.1, 0.15) is 19.4 Å². The van der Waals surface area contributed by atoms with E-state index in [1.807, 2.05) is 0 Å². The third-order valence-corrected chi connectivity index (χ3v) is 4.10. The Hall–Kier alpha value is -1.18. The van der Waals surface area contributed by atoms with Crippen LogP contribution in [0.5, 0.6) is 0 Å². The highest BCUT2D eigenvalue weighted by molar-refractivity contribution is 7.88. The standard InChI is InChI=1S/C12H16ClFN2O3S/c1-3-15-12(17)8(2)16-20(18,19)7-9-4-5-10(13)6-11(9)14/h4-6,8,16H,3,7H2,1-2H3,(H,15,17). The van der Waals surface area contributed by atoms with Crippen molar-refractivity contribution < 1.29 is 17.6 Å². The average molecular weight is 323 g/mol. The Morgan fingerprint density at radius 3 is 2.65 bits per heavy atom. The van der Waals surface area contributed by atoms with Crippen molar-refractivity contribution in [2.24, 2.45) is 0 Å². The lowest BCUT2D eigenvalue weighted by Gasteiger charge is -2.14. The van der Waals surface area contributed by atoms with Crippen molar-refractivity contribution in [3.63, 3.8) is 0 Å². The van der Waals surface area contributed by atoms with E-state index in [1.54, 1.807) is 6.92 Å². The molecule has 8 heteroatoms. The Morgan fingerprint density at radius 2 is 2.10 bits per heavy atom. The third kappa shape index (κ3) is 5.07. The monoisotopic (exact) mass is 322 g/mol. The van der Waals surface area contributed by atoms with Crippen molar-refractivity contribution in [2.75, 3.05) is 6.54 Å². The summed E-state index contributed by atoms with van der Waals surface area (Å²) >= 11 is 5.59. The van der Waals surface area contributed by atoms with E-state index in [0.717, 1.165) is 6.07 Å². The quantitative estimate of drug-likeness (QED) is 0.832. The highest BCUT2D eigenvalue weighted by Crippen LogP contribution is 2.16. The molecule has 112 valence electrons. The lowest BCUT2D eigenvalue weighted by molar-refractivity contribution is -0.122. The average Bonchev–Trinajstić information content (AvgIpc) is 2.32. The van der Waals surface area contributed by atoms with Gasteiger partial charge >= 0.3 is 0 Å². The van der Waals surface area contributed by atoms with Gasteiger partial charge in [-0.3, -0.25) is 4.79 Å². The molecule has 0 aliphatic carbocycles. The Balaban J connectivity index is 2.77. The van der Waals surface area contributed by atoms with Gasteiger partial charge in [0.15, 0.2) is 0 Å². The minimum Gasteiger partial charge on any atom is -0.355 e. The van der Waals surface area contributed by atoms with Crippen LogP contribution in [0.15, 0.2) is 18.2 Å². The molecule has 0 aliphatic rings. The zero-order valence-electron chi connectivity index (χ0n) is 11.1. The van der Waals surface area contributed by atoms with Gasteiger partial charge < -0.3 is 5.32 Å². The van der Waals surface area contributed by atoms with Gasteiger partial charge in [-0.25, -0.2) is 17.5 Å². The molecular weight excluding hydrogens is 307 g/mol. The second-order valence-corrected chi connectivity index (χ2v) is 6.42. The third-order valence-electron chi connectivity index (χ3n) is 2.46. The Kier molecular flexibility index (Phi) is 5.91. The van der Waals surface area contributed by atoms with Crippen molar-refractivity contribution in [3.05, 3.63) is 34.6 Å². The maximum Gasteiger partial charge on any atom is 0.237 e. The van der Waals surface area contributed by atoms with Gasteiger partial charge in [0.2, 0.25) is 15.9 Å². The zero-order chi connectivity index (χ0) is 15.3. The first-order valence-corrected chi connectivity index (χ1v) is 8.00. The van der Waals surface area contributed by atoms with Crippen LogP contribution >= 0.6 is 11.6 Å². The number of sulfonamides is 1. The summed E-state index contributed by atoms with van der Waals surface area (Å²) in [5.74, 6) is -1.69. The molecule has 20 heavy (non-hydrogen) atoms. The predicted octanol–water partition coefficient (Wildman–Crippen LogP) is 1.42. The van der Waals surface area contributed by atoms with Crippen LogP contribution in [-0.4, -0.2) is 26.9 Å². The van der Waals surface area contributed by atoms with Crippen LogP contribution in [0, 0.1) is 5.82 Å². The van der Waals surface area contributed by atoms with Gasteiger partial charge in [-0.15, -0.1) is 0 Å². The number of nitrogens with one attached hydrogen (secondary N) is 2. The molecule has 1 amide bonds. The molecule has 0 spiro atoms. The summed E-state index contributed by atoms with van der Waals surface area (Å²) in [6, 6.07) is 2.83. The minimum absolute atomic E-state index is 0.00926. The summed E-state index contributed by atoms with van der Waals surface area (Å²) < 4.78 is 39.5. The number of carbonyl (C=O) groups excluding carboxylic acids is 1. The summed E-state index contributed by atoms with van der Waals surface area (Å²) in [6.07, 6.45) is 0. The number of hydrogen-bond acceptors (Lipinski definition) is 3. The maximum atomic E-state index is 13.5. The molecular formula is C12H16ClFN2O3S. The Labute approximate surface area is 122 Å². The largest absolute Gasteiger partial charge is 0.355 e. The zero-order valence-corrected chi connectivity index (χ0v) is 12.7. The van der Waals surface area contributed by atoms with Crippen LogP contribution in [0.2, 0.25) is 5.02 Å². The van der Waals surface area contributed by atoms with E-state index >= 15 is 0 Å². The predicted molar refractivity (Wildman–Crippen MR) is 75.3 cm³/mol. The summed E-state index contributed by atoms with van der Waals surface area (Å²) in [5, 5.41) is 2.68. The first-order chi connectivity index (χ1) is 9.25. The number of likely N-dealkylation sites (N-methyl/N-ethyl adjacent to an activating group) is 1. The highest BCUT2D eigenvalue weighted by atomic mass is 35.5. The molecule has 0 heterocycles. The second kappa shape index (κ2) is 7.01. The van der Waals surface area contributed by atoms with Crippen LogP contribution in [0.25, 0.3) is 0 Å². The molecule has 0 bridgehead atoms. The fourth-order valence-corrected chi connectivity index (χ4v) is 3.07. The fraction of sp³-hybridized carbons (Fsp3) is 0.417. The lowest BCUT2D eigenvalue weighted by atomic mass is 10.2. The van der Waals surface area contributed by atoms with Crippen LogP contribution in [-0.2, 0) is 20.6 Å². The molecule has 0 aromatic heterocycles. The van der Waals surface area contributed by atoms with Gasteiger partial charge in [0, 0.05) is 17.1 Å². The van der Waals surface area contributed by atoms with E-state index in [4.69, 9.17) is 11.6 Å². The van der Waals surface area contributed by atoms with E-state index in [9.17, 15) is 17.6 Å². The van der Waals surface area contributed by atoms with Crippen LogP contribution in [0.4, 0.5) is 4.39 Å². The van der Waals surface area contributed by atoms with E-state index in [0.29, 0.717) is 6.54 Å². The summed E-state index contributed by atoms with van der Waals surface area (Å²) in [7, 11) is -3.83. The van der Waals surface area contributed by atoms with Crippen molar-refractivity contribution in [2.45, 2.75) is 25.6 Å². The summed E-state index contributed by atoms with van der Waals surface area (Å²) in [4.78, 5) is 11.5. The minimum atomic E-state index is -3.83. The molecule has 1 unspecified atom stereocenters. The van der Waals surface area contributed by atoms with Crippen molar-refractivity contribution in [1.29, 1.82) is 0 Å². The van der Waals surface area contributed by atoms with Gasteiger partial charge in [-0.2, -0.15) is 0 Å². The molecule has 2 N–H and O–H groups in total. The maximum absolute atomic E-state index is 13.5. The van der Waals surface area contributed by atoms with Crippen molar-refractivity contribution >= 4 is 27.5 Å². The number of carbonyl (C=O) groups is 1. The highest BCUT2D eigenvalue weighted by Gasteiger charge is 2.21. The van der Waals surface area contributed by atoms with Crippen molar-refractivity contribution in [1.82, 2.24) is 10.0 Å². The van der Waals surface area contributed by atoms with E-state index in [-0.39, 0.29) is 10.6 Å². The Morgan fingerprint density at radius 1 is 1.45 bits per heavy atom. The van der Waals surface area contributed by atoms with Crippen LogP contribution < -0.4 is 10.0 Å². The molecule has 1 aromatic rings. The molecule has 0 aliphatic heterocycles. The first-order valence-electron chi connectivity index (χ1n) is 5.97. The van der Waals surface area contributed by atoms with Gasteiger partial charge in [-0.05, 0) is 26.0 Å². The molecule has 1 aromatic carbocycles. The van der Waals surface area contributed by atoms with Gasteiger partial charge in [0.25, 0.3) is 0 Å². The lowest BCUT2D eigenvalue weighted by Crippen LogP contribution is -2.45. The number of hydrogen-bond donors (Lipinski definition) is 2. The van der Waals surface area contributed by atoms with Gasteiger partial charge in [0.05, 0.1) is 11.8 Å². The normalized spacial score (nSPS) is 13.0. The SMILES string of the molecule is CCNC(=O)C(C)NS(=O)(=O)Cc1ccc(Cl)cc1F. The molecule has 0 saturated carbocycles. The second-order valence-electron chi connectivity index (χ2n) is 4.23. The number of halogens is 2. The molecule has 0 saturated heterocycles. The van der Waals surface area contributed by atoms with Gasteiger partial charge in [0.1, 0.15) is 5.82 Å². The molecule has 0 radical (unpaired) electrons. The molecule has 1 rings (SSSR count). The fourth-order valence-electron chi connectivity index (χ4n) is 1.54. The topological polar surface area (TPSA) is 75.3 Å². The number of rotatable bonds is 6.